The summed E-state index contributed by atoms with van der Waals surface area (Å²) in [6.07, 6.45) is 0. The molecule has 0 saturated heterocycles. The number of amides is 1. The Balaban J connectivity index is 0.00000360. The van der Waals surface area contributed by atoms with Gasteiger partial charge in [-0.1, -0.05) is 18.2 Å². The van der Waals surface area contributed by atoms with Crippen LogP contribution in [0.25, 0.3) is 10.8 Å². The predicted octanol–water partition coefficient (Wildman–Crippen LogP) is 7.52. The van der Waals surface area contributed by atoms with Crippen LogP contribution < -0.4 is 22.5 Å². The molecule has 0 aromatic heterocycles. The quantitative estimate of drug-likeness (QED) is 0.0306. The van der Waals surface area contributed by atoms with E-state index in [4.69, 9.17) is 17.2 Å². The second kappa shape index (κ2) is 18.4. The molecule has 0 fully saturated rings. The number of fused-ring (bicyclic) bond motifs is 1. The van der Waals surface area contributed by atoms with Gasteiger partial charge in [-0.15, -0.1) is 15.3 Å². The number of anilines is 4. The van der Waals surface area contributed by atoms with Gasteiger partial charge in [0, 0.05) is 76.1 Å². The number of hydrogen-bond acceptors (Lipinski definition) is 15. The van der Waals surface area contributed by atoms with Crippen LogP contribution in [0.15, 0.2) is 150 Å². The Hall–Kier alpha value is -5.13. The second-order valence-electron chi connectivity index (χ2n) is 11.6. The van der Waals surface area contributed by atoms with E-state index in [1.165, 1.54) is 36.4 Å². The molecule has 2 radical (unpaired) electrons. The van der Waals surface area contributed by atoms with Gasteiger partial charge in [-0.2, -0.15) is 32.2 Å². The number of hydrogen-bond donors (Lipinski definition) is 7. The zero-order chi connectivity index (χ0) is 39.5. The fourth-order valence-electron chi connectivity index (χ4n) is 5.08. The first-order valence-electron chi connectivity index (χ1n) is 15.6. The summed E-state index contributed by atoms with van der Waals surface area (Å²) in [5, 5.41) is 37.2. The number of benzene rings is 6. The molecular weight excluding hydrogens is 799 g/mol. The molecule has 0 heterocycles. The average molecular weight is 827 g/mol. The molecule has 22 heteroatoms. The van der Waals surface area contributed by atoms with Gasteiger partial charge < -0.3 is 27.6 Å². The Morgan fingerprint density at radius 1 is 0.596 bits per heavy atom. The Bertz CT molecular complexity index is 2790. The van der Waals surface area contributed by atoms with Crippen molar-refractivity contribution in [3.63, 3.8) is 0 Å². The number of aromatic hydroxyl groups is 1. The van der Waals surface area contributed by atoms with Crippen LogP contribution >= 0.6 is 0 Å². The number of azo groups is 3. The standard InChI is InChI=1S/C35H28N10O8S2.2Na/c36-21-8-15-27(26(37)18-21)43-40-25-13-11-22(12-14-25)39-35(47)19-6-9-24(10-7-19)42-44-32-28(54(48,49)50)16-20-17-29(55(51,52)53)33(34(46)30(20)31(32)38)45-41-23-4-2-1-3-5-23;;/h1-18,46H,36-38H2,(H,39,47)(H,48,49,50)(H,51,52,53);;. The summed E-state index contributed by atoms with van der Waals surface area (Å²) in [6.45, 7) is 0. The molecule has 0 aliphatic heterocycles. The molecule has 0 saturated carbocycles. The molecule has 18 nitrogen and oxygen atoms in total. The number of phenols is 1. The number of nitrogens with two attached hydrogens (primary N) is 3. The van der Waals surface area contributed by atoms with Crippen LogP contribution in [0.5, 0.6) is 5.75 Å². The van der Waals surface area contributed by atoms with E-state index in [9.17, 15) is 35.8 Å². The Kier molecular flexibility index (Phi) is 14.4. The molecule has 0 aliphatic rings. The fourth-order valence-corrected chi connectivity index (χ4v) is 6.41. The van der Waals surface area contributed by atoms with Crippen molar-refractivity contribution in [2.24, 2.45) is 30.7 Å². The number of nitrogen functional groups attached to an aromatic ring is 3. The predicted molar refractivity (Wildman–Crippen MR) is 216 cm³/mol. The van der Waals surface area contributed by atoms with E-state index >= 15 is 0 Å². The van der Waals surface area contributed by atoms with Gasteiger partial charge in [0.2, 0.25) is 0 Å². The average Bonchev–Trinajstić information content (AvgIpc) is 3.14. The molecule has 0 unspecified atom stereocenters. The maximum absolute atomic E-state index is 12.9. The molecule has 10 N–H and O–H groups in total. The molecule has 1 amide bonds. The van der Waals surface area contributed by atoms with Gasteiger partial charge in [0.15, 0.2) is 5.75 Å². The van der Waals surface area contributed by atoms with Crippen molar-refractivity contribution in [3.8, 4) is 5.75 Å². The summed E-state index contributed by atoms with van der Waals surface area (Å²) in [7, 11) is -10.1. The van der Waals surface area contributed by atoms with Crippen molar-refractivity contribution in [2.75, 3.05) is 22.5 Å². The van der Waals surface area contributed by atoms with Crippen molar-refractivity contribution >= 4 is 153 Å². The molecule has 6 aromatic rings. The van der Waals surface area contributed by atoms with Gasteiger partial charge in [0.25, 0.3) is 26.1 Å². The number of rotatable bonds is 10. The number of phenolic OH excluding ortho intramolecular Hbond substituents is 1. The van der Waals surface area contributed by atoms with Crippen LogP contribution in [-0.2, 0) is 20.2 Å². The van der Waals surface area contributed by atoms with Crippen molar-refractivity contribution in [1.82, 2.24) is 0 Å². The zero-order valence-electron chi connectivity index (χ0n) is 30.0. The third-order valence-electron chi connectivity index (χ3n) is 7.74. The van der Waals surface area contributed by atoms with Crippen molar-refractivity contribution < 1.29 is 35.8 Å². The van der Waals surface area contributed by atoms with E-state index in [-0.39, 0.29) is 86.8 Å². The first-order chi connectivity index (χ1) is 26.1. The molecule has 6 rings (SSSR count). The van der Waals surface area contributed by atoms with Gasteiger partial charge in [0.1, 0.15) is 26.9 Å². The van der Waals surface area contributed by atoms with E-state index in [2.05, 4.69) is 36.0 Å². The van der Waals surface area contributed by atoms with Crippen LogP contribution in [0, 0.1) is 0 Å². The largest absolute Gasteiger partial charge is 0.505 e. The van der Waals surface area contributed by atoms with Gasteiger partial charge in [-0.3, -0.25) is 13.9 Å². The first kappa shape index (κ1) is 44.6. The van der Waals surface area contributed by atoms with Crippen LogP contribution in [0.3, 0.4) is 0 Å². The maximum atomic E-state index is 12.9. The monoisotopic (exact) mass is 826 g/mol. The Morgan fingerprint density at radius 2 is 1.11 bits per heavy atom. The number of nitrogens with zero attached hydrogens (tertiary/aromatic N) is 6. The van der Waals surface area contributed by atoms with Crippen LogP contribution in [0.4, 0.5) is 56.9 Å². The van der Waals surface area contributed by atoms with Gasteiger partial charge in [-0.25, -0.2) is 0 Å². The fraction of sp³-hybridized carbons (Fsp3) is 0. The molecule has 0 aliphatic carbocycles. The number of carbonyl (C=O) groups excluding carboxylic acids is 1. The van der Waals surface area contributed by atoms with Crippen LogP contribution in [-0.4, -0.2) is 96.1 Å². The molecule has 0 atom stereocenters. The van der Waals surface area contributed by atoms with Crippen molar-refractivity contribution in [1.29, 1.82) is 0 Å². The number of carbonyl (C=O) groups is 1. The summed E-state index contributed by atoms with van der Waals surface area (Å²) >= 11 is 0. The Labute approximate surface area is 369 Å². The van der Waals surface area contributed by atoms with E-state index < -0.39 is 58.7 Å². The van der Waals surface area contributed by atoms with Crippen molar-refractivity contribution in [3.05, 3.63) is 115 Å². The van der Waals surface area contributed by atoms with E-state index in [1.54, 1.807) is 60.7 Å². The minimum absolute atomic E-state index is 0. The SMILES string of the molecule is Nc1ccc(N=Nc2ccc(NC(=O)c3ccc(N=Nc4c(S(=O)(=O)O)cc5cc(S(=O)(=O)O)c(N=Nc6ccccc6)c(O)c5c4N)cc3)cc2)c(N)c1.[Na].[Na]. The van der Waals surface area contributed by atoms with Gasteiger partial charge in [-0.05, 0) is 96.4 Å². The summed E-state index contributed by atoms with van der Waals surface area (Å²) in [5.74, 6) is -1.36. The molecule has 57 heavy (non-hydrogen) atoms. The van der Waals surface area contributed by atoms with Crippen LogP contribution in [0.2, 0.25) is 0 Å². The van der Waals surface area contributed by atoms with Gasteiger partial charge >= 0.3 is 0 Å². The molecule has 0 bridgehead atoms. The molecule has 6 aromatic carbocycles. The molecule has 280 valence electrons. The minimum atomic E-state index is -5.08. The smallest absolute Gasteiger partial charge is 0.296 e. The van der Waals surface area contributed by atoms with Gasteiger partial charge in [0.05, 0.1) is 33.8 Å². The third-order valence-corrected chi connectivity index (χ3v) is 9.47. The molecule has 0 spiro atoms. The number of nitrogens with one attached hydrogen (secondary N) is 1. The van der Waals surface area contributed by atoms with E-state index in [0.29, 0.717) is 28.4 Å². The first-order valence-corrected chi connectivity index (χ1v) is 18.5. The summed E-state index contributed by atoms with van der Waals surface area (Å²) in [6, 6.07) is 26.6. The van der Waals surface area contributed by atoms with Crippen LogP contribution in [0.1, 0.15) is 10.4 Å². The zero-order valence-corrected chi connectivity index (χ0v) is 35.6. The summed E-state index contributed by atoms with van der Waals surface area (Å²) in [4.78, 5) is 11.1. The third kappa shape index (κ3) is 10.6. The minimum Gasteiger partial charge on any atom is -0.505 e. The second-order valence-corrected chi connectivity index (χ2v) is 14.3. The van der Waals surface area contributed by atoms with E-state index in [1.807, 2.05) is 0 Å². The van der Waals surface area contributed by atoms with Crippen molar-refractivity contribution in [2.45, 2.75) is 9.79 Å². The Morgan fingerprint density at radius 3 is 1.67 bits per heavy atom. The maximum Gasteiger partial charge on any atom is 0.296 e. The molecular formula is C35H28N10Na2O8S2. The normalized spacial score (nSPS) is 11.8. The summed E-state index contributed by atoms with van der Waals surface area (Å²) < 4.78 is 69.3. The topological polar surface area (TPSA) is 310 Å². The summed E-state index contributed by atoms with van der Waals surface area (Å²) in [5.41, 5.74) is 18.9. The van der Waals surface area contributed by atoms with E-state index in [0.717, 1.165) is 12.1 Å².